The number of rotatable bonds is 2. The van der Waals surface area contributed by atoms with Gasteiger partial charge >= 0.3 is 6.18 Å². The van der Waals surface area contributed by atoms with Crippen molar-refractivity contribution < 1.29 is 21.6 Å². The summed E-state index contributed by atoms with van der Waals surface area (Å²) in [5.41, 5.74) is 13.4. The van der Waals surface area contributed by atoms with Crippen LogP contribution in [0.2, 0.25) is 0 Å². The highest BCUT2D eigenvalue weighted by Gasteiger charge is 2.34. The van der Waals surface area contributed by atoms with E-state index in [9.17, 15) is 21.6 Å². The van der Waals surface area contributed by atoms with E-state index >= 15 is 0 Å². The summed E-state index contributed by atoms with van der Waals surface area (Å²) in [4.78, 5) is 6.21. The van der Waals surface area contributed by atoms with Gasteiger partial charge in [-0.1, -0.05) is 0 Å². The van der Waals surface area contributed by atoms with Crippen molar-refractivity contribution in [1.82, 2.24) is 0 Å². The second-order valence-electron chi connectivity index (χ2n) is 3.96. The number of sulfone groups is 1. The Bertz CT molecular complexity index is 706. The minimum absolute atomic E-state index is 0.469. The van der Waals surface area contributed by atoms with Crippen molar-refractivity contribution in [3.8, 4) is 0 Å². The highest BCUT2D eigenvalue weighted by molar-refractivity contribution is 7.90. The van der Waals surface area contributed by atoms with Gasteiger partial charge < -0.3 is 17.2 Å². The molecule has 0 radical (unpaired) electrons. The van der Waals surface area contributed by atoms with Crippen molar-refractivity contribution in [2.24, 2.45) is 27.2 Å². The number of aliphatic imine (C=N–C) groups is 2. The predicted molar refractivity (Wildman–Crippen MR) is 71.6 cm³/mol. The lowest BCUT2D eigenvalue weighted by Gasteiger charge is -2.11. The lowest BCUT2D eigenvalue weighted by atomic mass is 10.2. The molecule has 1 rings (SSSR count). The molecule has 1 aromatic rings. The summed E-state index contributed by atoms with van der Waals surface area (Å²) in [6.45, 7) is 0. The van der Waals surface area contributed by atoms with E-state index in [0.29, 0.717) is 6.07 Å². The molecule has 0 saturated carbocycles. The summed E-state index contributed by atoms with van der Waals surface area (Å²) in [7, 11) is -3.80. The molecule has 0 amide bonds. The predicted octanol–water partition coefficient (Wildman–Crippen LogP) is 0.329. The first kappa shape index (κ1) is 16.8. The Labute approximate surface area is 118 Å². The number of alkyl halides is 3. The zero-order chi connectivity index (χ0) is 16.4. The molecule has 0 unspecified atom stereocenters. The fourth-order valence-corrected chi connectivity index (χ4v) is 2.00. The Hall–Kier alpha value is -2.30. The lowest BCUT2D eigenvalue weighted by Crippen LogP contribution is -2.26. The summed E-state index contributed by atoms with van der Waals surface area (Å²) in [6, 6.07) is 2.32. The molecule has 0 heterocycles. The third kappa shape index (κ3) is 4.63. The van der Waals surface area contributed by atoms with Crippen LogP contribution < -0.4 is 17.2 Å². The van der Waals surface area contributed by atoms with E-state index in [-0.39, 0.29) is 0 Å². The second-order valence-corrected chi connectivity index (χ2v) is 5.97. The SMILES string of the molecule is CS(=O)(=O)c1ccc(N=C(N)N=C(N)N)c(C(F)(F)F)c1. The van der Waals surface area contributed by atoms with E-state index < -0.39 is 44.1 Å². The molecule has 0 aromatic heterocycles. The van der Waals surface area contributed by atoms with Crippen LogP contribution in [0.25, 0.3) is 0 Å². The molecule has 6 N–H and O–H groups in total. The Morgan fingerprint density at radius 3 is 2.19 bits per heavy atom. The Kier molecular flexibility index (Phi) is 4.46. The number of hydrogen-bond acceptors (Lipinski definition) is 3. The summed E-state index contributed by atoms with van der Waals surface area (Å²) < 4.78 is 61.4. The molecule has 0 fully saturated rings. The van der Waals surface area contributed by atoms with Crippen LogP contribution in [0, 0.1) is 0 Å². The Morgan fingerprint density at radius 2 is 1.76 bits per heavy atom. The van der Waals surface area contributed by atoms with Gasteiger partial charge in [0.25, 0.3) is 0 Å². The van der Waals surface area contributed by atoms with Gasteiger partial charge in [-0.2, -0.15) is 18.2 Å². The van der Waals surface area contributed by atoms with E-state index in [4.69, 9.17) is 17.2 Å². The lowest BCUT2D eigenvalue weighted by molar-refractivity contribution is -0.137. The van der Waals surface area contributed by atoms with Crippen LogP contribution in [0.3, 0.4) is 0 Å². The maximum absolute atomic E-state index is 12.9. The summed E-state index contributed by atoms with van der Waals surface area (Å²) in [6.07, 6.45) is -4.03. The molecule has 1 aromatic carbocycles. The molecule has 0 aliphatic carbocycles. The van der Waals surface area contributed by atoms with E-state index in [1.165, 1.54) is 0 Å². The molecule has 11 heteroatoms. The van der Waals surface area contributed by atoms with E-state index in [0.717, 1.165) is 18.4 Å². The minimum atomic E-state index is -4.82. The largest absolute Gasteiger partial charge is 0.418 e. The van der Waals surface area contributed by atoms with Gasteiger partial charge in [-0.25, -0.2) is 13.4 Å². The normalized spacial score (nSPS) is 13.0. The van der Waals surface area contributed by atoms with Gasteiger partial charge in [-0.3, -0.25) is 0 Å². The number of hydrogen-bond donors (Lipinski definition) is 3. The molecule has 0 atom stereocenters. The van der Waals surface area contributed by atoms with Crippen LogP contribution in [-0.2, 0) is 16.0 Å². The van der Waals surface area contributed by atoms with Crippen LogP contribution in [0.1, 0.15) is 5.56 Å². The topological polar surface area (TPSA) is 137 Å². The fourth-order valence-electron chi connectivity index (χ4n) is 1.35. The molecule has 0 bridgehead atoms. The fraction of sp³-hybridized carbons (Fsp3) is 0.200. The van der Waals surface area contributed by atoms with E-state index in [2.05, 4.69) is 9.98 Å². The van der Waals surface area contributed by atoms with Crippen molar-refractivity contribution in [3.63, 3.8) is 0 Å². The molecule has 0 saturated heterocycles. The van der Waals surface area contributed by atoms with Gasteiger partial charge in [0.05, 0.1) is 16.1 Å². The third-order valence-electron chi connectivity index (χ3n) is 2.18. The van der Waals surface area contributed by atoms with Gasteiger partial charge in [-0.15, -0.1) is 0 Å². The number of guanidine groups is 2. The van der Waals surface area contributed by atoms with Crippen LogP contribution in [0.4, 0.5) is 18.9 Å². The molecule has 0 aliphatic heterocycles. The first-order valence-electron chi connectivity index (χ1n) is 5.26. The third-order valence-corrected chi connectivity index (χ3v) is 3.29. The van der Waals surface area contributed by atoms with Gasteiger partial charge in [0, 0.05) is 6.26 Å². The smallest absolute Gasteiger partial charge is 0.370 e. The molecule has 116 valence electrons. The van der Waals surface area contributed by atoms with Crippen molar-refractivity contribution >= 4 is 27.4 Å². The van der Waals surface area contributed by atoms with Crippen molar-refractivity contribution in [2.45, 2.75) is 11.1 Å². The van der Waals surface area contributed by atoms with Crippen molar-refractivity contribution in [1.29, 1.82) is 0 Å². The maximum Gasteiger partial charge on any atom is 0.418 e. The monoisotopic (exact) mass is 323 g/mol. The molecular formula is C10H12F3N5O2S. The van der Waals surface area contributed by atoms with Crippen LogP contribution >= 0.6 is 0 Å². The molecule has 0 spiro atoms. The molecule has 21 heavy (non-hydrogen) atoms. The molecule has 7 nitrogen and oxygen atoms in total. The van der Waals surface area contributed by atoms with Gasteiger partial charge in [0.1, 0.15) is 0 Å². The van der Waals surface area contributed by atoms with Crippen LogP contribution in [0.5, 0.6) is 0 Å². The van der Waals surface area contributed by atoms with E-state index in [1.807, 2.05) is 0 Å². The first-order chi connectivity index (χ1) is 9.41. The van der Waals surface area contributed by atoms with Crippen LogP contribution in [-0.4, -0.2) is 26.6 Å². The summed E-state index contributed by atoms with van der Waals surface area (Å²) in [5.74, 6) is -1.06. The average molecular weight is 323 g/mol. The highest BCUT2D eigenvalue weighted by atomic mass is 32.2. The highest BCUT2D eigenvalue weighted by Crippen LogP contribution is 2.37. The number of halogens is 3. The summed E-state index contributed by atoms with van der Waals surface area (Å²) in [5, 5.41) is 0. The van der Waals surface area contributed by atoms with Gasteiger partial charge in [0.2, 0.25) is 5.96 Å². The number of benzene rings is 1. The zero-order valence-electron chi connectivity index (χ0n) is 10.7. The number of nitrogens with two attached hydrogens (primary N) is 3. The number of nitrogens with zero attached hydrogens (tertiary/aromatic N) is 2. The molecular weight excluding hydrogens is 311 g/mol. The van der Waals surface area contributed by atoms with Gasteiger partial charge in [0.15, 0.2) is 15.8 Å². The van der Waals surface area contributed by atoms with Crippen LogP contribution in [0.15, 0.2) is 33.1 Å². The van der Waals surface area contributed by atoms with Crippen molar-refractivity contribution in [3.05, 3.63) is 23.8 Å². The van der Waals surface area contributed by atoms with Crippen molar-refractivity contribution in [2.75, 3.05) is 6.26 Å². The summed E-state index contributed by atoms with van der Waals surface area (Å²) >= 11 is 0. The second kappa shape index (κ2) is 5.60. The standard InChI is InChI=1S/C10H12F3N5O2S/c1-21(19,20)5-2-3-7(6(4-5)10(11,12)13)17-9(16)18-8(14)15/h2-4H,1H3,(H6,14,15,16,17,18). The Morgan fingerprint density at radius 1 is 1.19 bits per heavy atom. The molecule has 0 aliphatic rings. The maximum atomic E-state index is 12.9. The first-order valence-corrected chi connectivity index (χ1v) is 7.15. The minimum Gasteiger partial charge on any atom is -0.370 e. The quantitative estimate of drug-likeness (QED) is 0.532. The van der Waals surface area contributed by atoms with E-state index in [1.54, 1.807) is 0 Å². The zero-order valence-corrected chi connectivity index (χ0v) is 11.5. The van der Waals surface area contributed by atoms with Gasteiger partial charge in [-0.05, 0) is 18.2 Å². The Balaban J connectivity index is 3.51. The average Bonchev–Trinajstić information content (AvgIpc) is 2.24.